The first-order valence-electron chi connectivity index (χ1n) is 12.7. The number of carbonyl (C=O) groups excluding carboxylic acids is 5. The van der Waals surface area contributed by atoms with Gasteiger partial charge < -0.3 is 31.9 Å². The number of hydrogen-bond donors (Lipinski definition) is 5. The van der Waals surface area contributed by atoms with Gasteiger partial charge >= 0.3 is 0 Å². The highest BCUT2D eigenvalue weighted by molar-refractivity contribution is 6.32. The topological polar surface area (TPSA) is 193 Å². The molecule has 1 saturated heterocycles. The summed E-state index contributed by atoms with van der Waals surface area (Å²) in [4.78, 5) is 68.6. The van der Waals surface area contributed by atoms with Crippen LogP contribution in [0, 0.1) is 23.2 Å². The Bertz CT molecular complexity index is 1230. The Kier molecular flexibility index (Phi) is 6.10. The van der Waals surface area contributed by atoms with Crippen LogP contribution in [0.1, 0.15) is 34.8 Å². The summed E-state index contributed by atoms with van der Waals surface area (Å²) in [5.74, 6) is -10.4. The molecule has 6 atom stereocenters. The first kappa shape index (κ1) is 25.7. The van der Waals surface area contributed by atoms with E-state index in [9.17, 15) is 34.2 Å². The van der Waals surface area contributed by atoms with Crippen LogP contribution < -0.4 is 16.8 Å². The number of rotatable bonds is 4. The fourth-order valence-corrected chi connectivity index (χ4v) is 7.17. The Morgan fingerprint density at radius 2 is 1.84 bits per heavy atom. The average molecular weight is 513 g/mol. The second-order valence-corrected chi connectivity index (χ2v) is 10.9. The highest BCUT2D eigenvalue weighted by atomic mass is 16.3. The van der Waals surface area contributed by atoms with Crippen molar-refractivity contribution < 1.29 is 34.2 Å². The van der Waals surface area contributed by atoms with Crippen LogP contribution >= 0.6 is 0 Å². The van der Waals surface area contributed by atoms with Crippen molar-refractivity contribution in [1.29, 1.82) is 0 Å². The molecule has 0 bridgehead atoms. The normalized spacial score (nSPS) is 36.1. The molecule has 2 saturated carbocycles. The van der Waals surface area contributed by atoms with Gasteiger partial charge in [0.15, 0.2) is 34.7 Å². The van der Waals surface area contributed by atoms with Crippen LogP contribution in [-0.2, 0) is 32.0 Å². The number of nitrogens with zero attached hydrogens (tertiary/aromatic N) is 1. The average Bonchev–Trinajstić information content (AvgIpc) is 2.85. The van der Waals surface area contributed by atoms with E-state index >= 15 is 0 Å². The lowest BCUT2D eigenvalue weighted by atomic mass is 9.46. The SMILES string of the molecule is CCc1ccc(O)c2c1CC1(CN3CCNCC3)CC3C(N)C(=O)C(C(N)=O)C(=O)C3(O)C(=O)C1C2=O. The fraction of sp³-hybridized carbons (Fsp3) is 0.577. The van der Waals surface area contributed by atoms with E-state index in [1.165, 1.54) is 6.07 Å². The zero-order chi connectivity index (χ0) is 26.9. The maximum atomic E-state index is 14.2. The Morgan fingerprint density at radius 3 is 2.46 bits per heavy atom. The van der Waals surface area contributed by atoms with Gasteiger partial charge in [-0.25, -0.2) is 0 Å². The number of carbonyl (C=O) groups is 5. The number of benzene rings is 1. The van der Waals surface area contributed by atoms with Gasteiger partial charge in [-0.05, 0) is 36.5 Å². The Hall–Kier alpha value is -2.99. The Morgan fingerprint density at radius 1 is 1.16 bits per heavy atom. The molecule has 6 unspecified atom stereocenters. The first-order chi connectivity index (χ1) is 17.5. The number of nitrogens with two attached hydrogens (primary N) is 2. The third-order valence-electron chi connectivity index (χ3n) is 8.94. The number of fused-ring (bicyclic) bond motifs is 3. The number of amides is 1. The molecule has 4 aliphatic rings. The van der Waals surface area contributed by atoms with Gasteiger partial charge in [0.2, 0.25) is 5.91 Å². The van der Waals surface area contributed by atoms with Crippen LogP contribution in [0.5, 0.6) is 5.75 Å². The second-order valence-electron chi connectivity index (χ2n) is 10.9. The number of hydrogen-bond acceptors (Lipinski definition) is 10. The third-order valence-corrected chi connectivity index (χ3v) is 8.94. The van der Waals surface area contributed by atoms with E-state index in [1.54, 1.807) is 6.07 Å². The molecule has 0 aromatic heterocycles. The number of primary amides is 1. The minimum Gasteiger partial charge on any atom is -0.507 e. The molecule has 1 aromatic rings. The maximum absolute atomic E-state index is 14.2. The van der Waals surface area contributed by atoms with Crippen molar-refractivity contribution in [3.8, 4) is 5.75 Å². The van der Waals surface area contributed by atoms with E-state index in [4.69, 9.17) is 11.5 Å². The molecule has 37 heavy (non-hydrogen) atoms. The summed E-state index contributed by atoms with van der Waals surface area (Å²) in [7, 11) is 0. The molecule has 11 heteroatoms. The van der Waals surface area contributed by atoms with Crippen molar-refractivity contribution in [2.75, 3.05) is 32.7 Å². The molecule has 1 aromatic carbocycles. The summed E-state index contributed by atoms with van der Waals surface area (Å²) >= 11 is 0. The molecule has 3 aliphatic carbocycles. The van der Waals surface area contributed by atoms with Gasteiger partial charge in [0, 0.05) is 44.1 Å². The molecule has 7 N–H and O–H groups in total. The molecule has 1 amide bonds. The molecular formula is C26H32N4O7. The standard InChI is InChI=1S/C26H32N4O7/c1-2-12-3-4-15(31)16-13(12)9-25(11-30-7-5-29-6-8-30)10-14-19(27)21(33)17(24(28)36)22(34)26(14,37)23(35)18(25)20(16)32/h3-4,14,17-19,29,31,37H,2,5-11,27H2,1H3,(H2,28,36). The zero-order valence-corrected chi connectivity index (χ0v) is 20.7. The molecule has 1 aliphatic heterocycles. The van der Waals surface area contributed by atoms with E-state index in [2.05, 4.69) is 10.2 Å². The van der Waals surface area contributed by atoms with E-state index in [1.807, 2.05) is 6.92 Å². The molecule has 11 nitrogen and oxygen atoms in total. The number of aromatic hydroxyl groups is 1. The molecule has 0 spiro atoms. The molecular weight excluding hydrogens is 480 g/mol. The predicted molar refractivity (Wildman–Crippen MR) is 129 cm³/mol. The van der Waals surface area contributed by atoms with Crippen molar-refractivity contribution in [3.63, 3.8) is 0 Å². The first-order valence-corrected chi connectivity index (χ1v) is 12.7. The largest absolute Gasteiger partial charge is 0.507 e. The van der Waals surface area contributed by atoms with Gasteiger partial charge in [0.25, 0.3) is 0 Å². The fourth-order valence-electron chi connectivity index (χ4n) is 7.17. The molecule has 0 radical (unpaired) electrons. The van der Waals surface area contributed by atoms with Gasteiger partial charge in [-0.3, -0.25) is 24.0 Å². The van der Waals surface area contributed by atoms with Gasteiger partial charge in [0.05, 0.1) is 17.5 Å². The lowest BCUT2D eigenvalue weighted by Crippen LogP contribution is -2.76. The molecule has 3 fully saturated rings. The summed E-state index contributed by atoms with van der Waals surface area (Å²) < 4.78 is 0. The van der Waals surface area contributed by atoms with Crippen molar-refractivity contribution in [2.24, 2.45) is 34.6 Å². The minimum absolute atomic E-state index is 0.0192. The third kappa shape index (κ3) is 3.52. The summed E-state index contributed by atoms with van der Waals surface area (Å²) in [6, 6.07) is 1.67. The van der Waals surface area contributed by atoms with E-state index in [0.717, 1.165) is 5.56 Å². The Balaban J connectivity index is 1.70. The van der Waals surface area contributed by atoms with Crippen molar-refractivity contribution in [2.45, 2.75) is 37.8 Å². The predicted octanol–water partition coefficient (Wildman–Crippen LogP) is -1.90. The lowest BCUT2D eigenvalue weighted by molar-refractivity contribution is -0.182. The summed E-state index contributed by atoms with van der Waals surface area (Å²) in [5, 5.41) is 25.6. The monoisotopic (exact) mass is 512 g/mol. The summed E-state index contributed by atoms with van der Waals surface area (Å²) in [5.41, 5.74) is 9.13. The second kappa shape index (κ2) is 8.80. The van der Waals surface area contributed by atoms with E-state index in [-0.39, 0.29) is 24.2 Å². The molecule has 198 valence electrons. The van der Waals surface area contributed by atoms with E-state index < -0.39 is 63.9 Å². The van der Waals surface area contributed by atoms with Crippen LogP contribution in [0.25, 0.3) is 0 Å². The van der Waals surface area contributed by atoms with Crippen LogP contribution in [0.15, 0.2) is 12.1 Å². The van der Waals surface area contributed by atoms with Crippen molar-refractivity contribution in [1.82, 2.24) is 10.2 Å². The van der Waals surface area contributed by atoms with Crippen LogP contribution in [-0.4, -0.2) is 88.5 Å². The highest BCUT2D eigenvalue weighted by Gasteiger charge is 2.72. The Labute approximate surface area is 213 Å². The number of piperazine rings is 1. The number of Topliss-reactive ketones (excluding diaryl/α,β-unsaturated/α-hetero) is 4. The van der Waals surface area contributed by atoms with Gasteiger partial charge in [0.1, 0.15) is 5.75 Å². The van der Waals surface area contributed by atoms with Gasteiger partial charge in [-0.1, -0.05) is 13.0 Å². The molecule has 1 heterocycles. The summed E-state index contributed by atoms with van der Waals surface area (Å²) in [6.45, 7) is 4.97. The lowest BCUT2D eigenvalue weighted by Gasteiger charge is -2.57. The van der Waals surface area contributed by atoms with Crippen molar-refractivity contribution >= 4 is 29.0 Å². The van der Waals surface area contributed by atoms with E-state index in [0.29, 0.717) is 44.7 Å². The van der Waals surface area contributed by atoms with Crippen LogP contribution in [0.4, 0.5) is 0 Å². The van der Waals surface area contributed by atoms with Crippen LogP contribution in [0.3, 0.4) is 0 Å². The minimum atomic E-state index is -2.81. The maximum Gasteiger partial charge on any atom is 0.235 e. The zero-order valence-electron chi connectivity index (χ0n) is 20.7. The number of nitrogens with one attached hydrogen (secondary N) is 1. The summed E-state index contributed by atoms with van der Waals surface area (Å²) in [6.07, 6.45) is 0.757. The number of ketones is 4. The van der Waals surface area contributed by atoms with Crippen LogP contribution in [0.2, 0.25) is 0 Å². The number of aliphatic hydroxyl groups is 1. The van der Waals surface area contributed by atoms with Gasteiger partial charge in [-0.2, -0.15) is 0 Å². The molecule has 5 rings (SSSR count). The number of aryl methyl sites for hydroxylation is 1. The number of phenolic OH excluding ortho intramolecular Hbond substituents is 1. The highest BCUT2D eigenvalue weighted by Crippen LogP contribution is 2.56. The van der Waals surface area contributed by atoms with Crippen molar-refractivity contribution in [3.05, 3.63) is 28.8 Å². The van der Waals surface area contributed by atoms with Gasteiger partial charge in [-0.15, -0.1) is 0 Å². The number of phenols is 1. The quantitative estimate of drug-likeness (QED) is 0.285. The smallest absolute Gasteiger partial charge is 0.235 e.